The fourth-order valence-electron chi connectivity index (χ4n) is 2.72. The molecular formula is C20H19F4N3OS. The molecule has 0 saturated heterocycles. The zero-order chi connectivity index (χ0) is 20.9. The highest BCUT2D eigenvalue weighted by atomic mass is 32.1. The van der Waals surface area contributed by atoms with Crippen molar-refractivity contribution in [3.05, 3.63) is 59.0 Å². The predicted octanol–water partition coefficient (Wildman–Crippen LogP) is 6.08. The van der Waals surface area contributed by atoms with Gasteiger partial charge in [-0.25, -0.2) is 4.98 Å². The maximum Gasteiger partial charge on any atom is 0.416 e. The molecule has 0 bridgehead atoms. The lowest BCUT2D eigenvalue weighted by atomic mass is 10.0. The van der Waals surface area contributed by atoms with Gasteiger partial charge in [-0.3, -0.25) is 4.98 Å². The molecule has 2 aromatic heterocycles. The minimum atomic E-state index is -4.51. The van der Waals surface area contributed by atoms with E-state index in [2.05, 4.69) is 15.3 Å². The number of ether oxygens (including phenoxy) is 1. The van der Waals surface area contributed by atoms with Crippen molar-refractivity contribution in [1.82, 2.24) is 9.97 Å². The van der Waals surface area contributed by atoms with Crippen molar-refractivity contribution < 1.29 is 22.3 Å². The van der Waals surface area contributed by atoms with Gasteiger partial charge in [0.25, 0.3) is 0 Å². The Morgan fingerprint density at radius 1 is 1.17 bits per heavy atom. The Morgan fingerprint density at radius 2 is 2.00 bits per heavy atom. The number of thiazole rings is 1. The summed E-state index contributed by atoms with van der Waals surface area (Å²) in [6.07, 6.45) is -0.515. The molecule has 9 heteroatoms. The van der Waals surface area contributed by atoms with Crippen LogP contribution in [0.5, 0.6) is 0 Å². The number of rotatable bonds is 8. The Labute approximate surface area is 169 Å². The van der Waals surface area contributed by atoms with E-state index in [0.717, 1.165) is 23.8 Å². The lowest BCUT2D eigenvalue weighted by Gasteiger charge is -2.15. The molecule has 0 spiro atoms. The molecule has 3 rings (SSSR count). The van der Waals surface area contributed by atoms with Crippen molar-refractivity contribution in [3.8, 4) is 11.3 Å². The predicted molar refractivity (Wildman–Crippen MR) is 105 cm³/mol. The molecule has 0 aliphatic rings. The Bertz CT molecular complexity index is 945. The van der Waals surface area contributed by atoms with E-state index in [0.29, 0.717) is 12.2 Å². The van der Waals surface area contributed by atoms with Gasteiger partial charge in [-0.2, -0.15) is 17.6 Å². The quantitative estimate of drug-likeness (QED) is 0.351. The van der Waals surface area contributed by atoms with E-state index in [4.69, 9.17) is 4.74 Å². The summed E-state index contributed by atoms with van der Waals surface area (Å²) in [5, 5.41) is 2.39. The molecule has 0 fully saturated rings. The average molecular weight is 425 g/mol. The summed E-state index contributed by atoms with van der Waals surface area (Å²) in [5.74, 6) is 0. The molecule has 0 aliphatic heterocycles. The van der Waals surface area contributed by atoms with Crippen LogP contribution in [0, 0.1) is 5.13 Å². The van der Waals surface area contributed by atoms with Crippen molar-refractivity contribution in [1.29, 1.82) is 0 Å². The zero-order valence-electron chi connectivity index (χ0n) is 15.6. The second kappa shape index (κ2) is 9.32. The van der Waals surface area contributed by atoms with Crippen molar-refractivity contribution in [3.63, 3.8) is 0 Å². The Hall–Kier alpha value is -2.52. The summed E-state index contributed by atoms with van der Waals surface area (Å²) in [4.78, 5) is 8.07. The molecule has 4 nitrogen and oxygen atoms in total. The Kier molecular flexibility index (Phi) is 6.81. The molecule has 1 N–H and O–H groups in total. The molecule has 0 amide bonds. The Morgan fingerprint density at radius 3 is 2.69 bits per heavy atom. The van der Waals surface area contributed by atoms with Crippen LogP contribution in [0.3, 0.4) is 0 Å². The molecular weight excluding hydrogens is 406 g/mol. The van der Waals surface area contributed by atoms with E-state index < -0.39 is 16.9 Å². The van der Waals surface area contributed by atoms with Gasteiger partial charge in [0.2, 0.25) is 5.13 Å². The van der Waals surface area contributed by atoms with Gasteiger partial charge >= 0.3 is 6.18 Å². The molecule has 29 heavy (non-hydrogen) atoms. The van der Waals surface area contributed by atoms with Crippen LogP contribution in [0.4, 0.5) is 28.4 Å². The van der Waals surface area contributed by atoms with Crippen LogP contribution < -0.4 is 5.32 Å². The van der Waals surface area contributed by atoms with Crippen LogP contribution in [-0.4, -0.2) is 23.2 Å². The van der Waals surface area contributed by atoms with Gasteiger partial charge in [0, 0.05) is 30.3 Å². The summed E-state index contributed by atoms with van der Waals surface area (Å²) in [6.45, 7) is 2.66. The molecule has 0 saturated carbocycles. The molecule has 1 aromatic carbocycles. The zero-order valence-corrected chi connectivity index (χ0v) is 16.4. The minimum absolute atomic E-state index is 0.103. The molecule has 3 aromatic rings. The number of anilines is 2. The van der Waals surface area contributed by atoms with Gasteiger partial charge in [0.1, 0.15) is 5.69 Å². The maximum absolute atomic E-state index is 14.2. The normalized spacial score (nSPS) is 11.6. The van der Waals surface area contributed by atoms with Gasteiger partial charge in [-0.1, -0.05) is 24.3 Å². The van der Waals surface area contributed by atoms with Crippen molar-refractivity contribution in [2.45, 2.75) is 25.9 Å². The number of benzene rings is 1. The second-order valence-electron chi connectivity index (χ2n) is 6.24. The van der Waals surface area contributed by atoms with Crippen LogP contribution in [0.1, 0.15) is 24.5 Å². The topological polar surface area (TPSA) is 47.0 Å². The van der Waals surface area contributed by atoms with Crippen LogP contribution in [0.15, 0.2) is 42.7 Å². The first-order valence-electron chi connectivity index (χ1n) is 9.00. The van der Waals surface area contributed by atoms with Crippen molar-refractivity contribution in [2.24, 2.45) is 0 Å². The SMILES string of the molecule is CCCOCCc1ccc(Nc2nc(-c3cccnc3)c(F)s2)cc1C(F)(F)F. The smallest absolute Gasteiger partial charge is 0.381 e. The number of hydrogen-bond donors (Lipinski definition) is 1. The summed E-state index contributed by atoms with van der Waals surface area (Å²) in [6, 6.07) is 7.25. The highest BCUT2D eigenvalue weighted by molar-refractivity contribution is 7.14. The highest BCUT2D eigenvalue weighted by Gasteiger charge is 2.33. The summed E-state index contributed by atoms with van der Waals surface area (Å²) in [7, 11) is 0. The Balaban J connectivity index is 1.81. The van der Waals surface area contributed by atoms with E-state index >= 15 is 0 Å². The first kappa shape index (κ1) is 21.2. The van der Waals surface area contributed by atoms with Gasteiger partial charge in [0.05, 0.1) is 12.2 Å². The van der Waals surface area contributed by atoms with Crippen LogP contribution in [0.25, 0.3) is 11.3 Å². The standard InChI is InChI=1S/C20H19F4N3OS/c1-2-9-28-10-7-13-5-6-15(11-16(13)20(22,23)24)26-19-27-17(18(21)29-19)14-4-3-8-25-12-14/h3-6,8,11-12H,2,7,9-10H2,1H3,(H,26,27). The first-order valence-corrected chi connectivity index (χ1v) is 9.81. The summed E-state index contributed by atoms with van der Waals surface area (Å²) >= 11 is 0.723. The van der Waals surface area contributed by atoms with E-state index in [-0.39, 0.29) is 35.1 Å². The molecule has 0 unspecified atom stereocenters. The van der Waals surface area contributed by atoms with Gasteiger partial charge in [0.15, 0.2) is 5.13 Å². The minimum Gasteiger partial charge on any atom is -0.381 e. The third-order valence-electron chi connectivity index (χ3n) is 4.05. The van der Waals surface area contributed by atoms with Gasteiger partial charge in [-0.05, 0) is 42.7 Å². The van der Waals surface area contributed by atoms with Crippen LogP contribution in [0.2, 0.25) is 0 Å². The lowest BCUT2D eigenvalue weighted by molar-refractivity contribution is -0.138. The summed E-state index contributed by atoms with van der Waals surface area (Å²) in [5.41, 5.74) is 0.189. The fourth-order valence-corrected chi connectivity index (χ4v) is 3.46. The maximum atomic E-state index is 14.2. The van der Waals surface area contributed by atoms with Gasteiger partial charge in [-0.15, -0.1) is 0 Å². The molecule has 2 heterocycles. The van der Waals surface area contributed by atoms with Crippen LogP contribution in [-0.2, 0) is 17.3 Å². The third kappa shape index (κ3) is 5.51. The van der Waals surface area contributed by atoms with Crippen molar-refractivity contribution >= 4 is 22.2 Å². The molecule has 0 radical (unpaired) electrons. The first-order chi connectivity index (χ1) is 13.9. The summed E-state index contributed by atoms with van der Waals surface area (Å²) < 4.78 is 60.0. The fraction of sp³-hybridized carbons (Fsp3) is 0.300. The monoisotopic (exact) mass is 425 g/mol. The second-order valence-corrected chi connectivity index (χ2v) is 7.19. The number of nitrogens with one attached hydrogen (secondary N) is 1. The number of aromatic nitrogens is 2. The number of pyridine rings is 1. The largest absolute Gasteiger partial charge is 0.416 e. The third-order valence-corrected chi connectivity index (χ3v) is 4.81. The van der Waals surface area contributed by atoms with E-state index in [1.165, 1.54) is 18.3 Å². The molecule has 154 valence electrons. The number of hydrogen-bond acceptors (Lipinski definition) is 5. The number of alkyl halides is 3. The van der Waals surface area contributed by atoms with Crippen LogP contribution >= 0.6 is 11.3 Å². The van der Waals surface area contributed by atoms with E-state index in [1.807, 2.05) is 6.92 Å². The molecule has 0 atom stereocenters. The number of halogens is 4. The number of nitrogens with zero attached hydrogens (tertiary/aromatic N) is 2. The van der Waals surface area contributed by atoms with E-state index in [9.17, 15) is 17.6 Å². The highest BCUT2D eigenvalue weighted by Crippen LogP contribution is 2.36. The molecule has 0 aliphatic carbocycles. The average Bonchev–Trinajstić information content (AvgIpc) is 3.06. The van der Waals surface area contributed by atoms with Crippen molar-refractivity contribution in [2.75, 3.05) is 18.5 Å². The van der Waals surface area contributed by atoms with E-state index in [1.54, 1.807) is 18.3 Å². The lowest BCUT2D eigenvalue weighted by Crippen LogP contribution is -2.12. The van der Waals surface area contributed by atoms with Gasteiger partial charge < -0.3 is 10.1 Å².